The van der Waals surface area contributed by atoms with E-state index < -0.39 is 11.6 Å². The first-order valence-electron chi connectivity index (χ1n) is 9.70. The first kappa shape index (κ1) is 23.2. The fourth-order valence-electron chi connectivity index (χ4n) is 3.06. The van der Waals surface area contributed by atoms with Gasteiger partial charge < -0.3 is 10.2 Å². The summed E-state index contributed by atoms with van der Waals surface area (Å²) in [5, 5.41) is 3.96. The molecule has 0 heterocycles. The second-order valence-corrected chi connectivity index (χ2v) is 8.83. The van der Waals surface area contributed by atoms with E-state index in [1.807, 2.05) is 51.1 Å². The molecule has 2 rings (SSSR count). The number of carbonyl (C=O) groups excluding carboxylic acids is 2. The van der Waals surface area contributed by atoms with E-state index in [0.717, 1.165) is 5.56 Å². The molecule has 2 aromatic rings. The summed E-state index contributed by atoms with van der Waals surface area (Å²) >= 11 is 12.7. The molecule has 1 atom stereocenters. The number of nitrogens with one attached hydrogen (secondary N) is 1. The number of hydrogen-bond donors (Lipinski definition) is 1. The van der Waals surface area contributed by atoms with Crippen LogP contribution in [-0.4, -0.2) is 28.3 Å². The number of hydrogen-bond acceptors (Lipinski definition) is 2. The molecule has 0 fully saturated rings. The Morgan fingerprint density at radius 1 is 1.00 bits per heavy atom. The first-order chi connectivity index (χ1) is 13.6. The second kappa shape index (κ2) is 10.1. The molecular weight excluding hydrogens is 407 g/mol. The molecule has 0 bridgehead atoms. The molecule has 0 aromatic heterocycles. The van der Waals surface area contributed by atoms with E-state index in [-0.39, 0.29) is 24.8 Å². The zero-order valence-electron chi connectivity index (χ0n) is 17.3. The van der Waals surface area contributed by atoms with Crippen LogP contribution < -0.4 is 5.32 Å². The van der Waals surface area contributed by atoms with Gasteiger partial charge in [-0.15, -0.1) is 0 Å². The summed E-state index contributed by atoms with van der Waals surface area (Å²) in [7, 11) is 0. The Morgan fingerprint density at radius 2 is 1.59 bits per heavy atom. The van der Waals surface area contributed by atoms with Crippen molar-refractivity contribution < 1.29 is 9.59 Å². The van der Waals surface area contributed by atoms with Gasteiger partial charge in [0.1, 0.15) is 6.04 Å². The third-order valence-electron chi connectivity index (χ3n) is 4.46. The van der Waals surface area contributed by atoms with Gasteiger partial charge >= 0.3 is 0 Å². The predicted octanol–water partition coefficient (Wildman–Crippen LogP) is 5.26. The maximum absolute atomic E-state index is 13.2. The monoisotopic (exact) mass is 434 g/mol. The van der Waals surface area contributed by atoms with Crippen LogP contribution in [0.15, 0.2) is 48.5 Å². The van der Waals surface area contributed by atoms with Crippen LogP contribution in [0.1, 0.15) is 45.2 Å². The highest BCUT2D eigenvalue weighted by Crippen LogP contribution is 2.27. The van der Waals surface area contributed by atoms with Crippen molar-refractivity contribution >= 4 is 35.0 Å². The Balaban J connectivity index is 2.45. The SMILES string of the molecule is CCC(=O)N(Cc1c(Cl)cccc1Cl)[C@@H](Cc1ccccc1)C(=O)NC(C)(C)C. The van der Waals surface area contributed by atoms with E-state index in [2.05, 4.69) is 5.32 Å². The predicted molar refractivity (Wildman–Crippen MR) is 119 cm³/mol. The molecule has 6 heteroatoms. The fraction of sp³-hybridized carbons (Fsp3) is 0.391. The van der Waals surface area contributed by atoms with Gasteiger partial charge in [-0.25, -0.2) is 0 Å². The minimum Gasteiger partial charge on any atom is -0.350 e. The minimum atomic E-state index is -0.684. The molecule has 0 saturated heterocycles. The van der Waals surface area contributed by atoms with Gasteiger partial charge in [0, 0.05) is 40.5 Å². The summed E-state index contributed by atoms with van der Waals surface area (Å²) in [4.78, 5) is 27.7. The Bertz CT molecular complexity index is 827. The van der Waals surface area contributed by atoms with E-state index in [4.69, 9.17) is 23.2 Å². The van der Waals surface area contributed by atoms with Crippen LogP contribution >= 0.6 is 23.2 Å². The van der Waals surface area contributed by atoms with Gasteiger partial charge in [-0.05, 0) is 38.5 Å². The van der Waals surface area contributed by atoms with Crippen molar-refractivity contribution in [1.29, 1.82) is 0 Å². The van der Waals surface area contributed by atoms with Crippen molar-refractivity contribution in [2.75, 3.05) is 0 Å². The molecule has 0 aliphatic heterocycles. The van der Waals surface area contributed by atoms with Gasteiger partial charge in [-0.3, -0.25) is 9.59 Å². The lowest BCUT2D eigenvalue weighted by molar-refractivity contribution is -0.141. The third kappa shape index (κ3) is 6.76. The molecule has 2 aromatic carbocycles. The van der Waals surface area contributed by atoms with Gasteiger partial charge in [-0.1, -0.05) is 66.5 Å². The molecule has 156 valence electrons. The molecule has 0 saturated carbocycles. The van der Waals surface area contributed by atoms with Gasteiger partial charge in [0.15, 0.2) is 0 Å². The largest absolute Gasteiger partial charge is 0.350 e. The number of amides is 2. The Hall–Kier alpha value is -2.04. The lowest BCUT2D eigenvalue weighted by atomic mass is 10.0. The molecule has 0 spiro atoms. The van der Waals surface area contributed by atoms with Crippen LogP contribution in [0.25, 0.3) is 0 Å². The Kier molecular flexibility index (Phi) is 8.12. The molecular formula is C23H28Cl2N2O2. The van der Waals surface area contributed by atoms with Crippen LogP contribution in [0.2, 0.25) is 10.0 Å². The van der Waals surface area contributed by atoms with Crippen LogP contribution in [0.5, 0.6) is 0 Å². The highest BCUT2D eigenvalue weighted by atomic mass is 35.5. The van der Waals surface area contributed by atoms with Gasteiger partial charge in [0.2, 0.25) is 11.8 Å². The quantitative estimate of drug-likeness (QED) is 0.645. The molecule has 0 radical (unpaired) electrons. The van der Waals surface area contributed by atoms with Crippen molar-refractivity contribution in [2.24, 2.45) is 0 Å². The maximum atomic E-state index is 13.2. The topological polar surface area (TPSA) is 49.4 Å². The number of rotatable bonds is 7. The van der Waals surface area contributed by atoms with E-state index >= 15 is 0 Å². The van der Waals surface area contributed by atoms with Crippen molar-refractivity contribution in [3.8, 4) is 0 Å². The molecule has 29 heavy (non-hydrogen) atoms. The summed E-state index contributed by atoms with van der Waals surface area (Å²) < 4.78 is 0. The second-order valence-electron chi connectivity index (χ2n) is 8.02. The number of benzene rings is 2. The summed E-state index contributed by atoms with van der Waals surface area (Å²) in [5.41, 5.74) is 1.19. The minimum absolute atomic E-state index is 0.133. The summed E-state index contributed by atoms with van der Waals surface area (Å²) in [5.74, 6) is -0.336. The van der Waals surface area contributed by atoms with Crippen LogP contribution in [0.3, 0.4) is 0 Å². The molecule has 0 unspecified atom stereocenters. The van der Waals surface area contributed by atoms with Crippen molar-refractivity contribution in [2.45, 2.75) is 58.7 Å². The Labute approximate surface area is 183 Å². The standard InChI is InChI=1S/C23H28Cl2N2O2/c1-5-21(28)27(15-17-18(24)12-9-13-19(17)25)20(22(29)26-23(2,3)4)14-16-10-7-6-8-11-16/h6-13,20H,5,14-15H2,1-4H3,(H,26,29)/t20-/m0/s1. The molecule has 4 nitrogen and oxygen atoms in total. The van der Waals surface area contributed by atoms with E-state index in [1.165, 1.54) is 0 Å². The average Bonchev–Trinajstić information content (AvgIpc) is 2.65. The Morgan fingerprint density at radius 3 is 2.10 bits per heavy atom. The van der Waals surface area contributed by atoms with E-state index in [0.29, 0.717) is 22.0 Å². The van der Waals surface area contributed by atoms with Gasteiger partial charge in [-0.2, -0.15) is 0 Å². The van der Waals surface area contributed by atoms with Crippen LogP contribution in [-0.2, 0) is 22.6 Å². The zero-order valence-corrected chi connectivity index (χ0v) is 18.8. The van der Waals surface area contributed by atoms with Crippen molar-refractivity contribution in [1.82, 2.24) is 10.2 Å². The van der Waals surface area contributed by atoms with Gasteiger partial charge in [0.05, 0.1) is 0 Å². The number of halogens is 2. The molecule has 0 aliphatic carbocycles. The van der Waals surface area contributed by atoms with Gasteiger partial charge in [0.25, 0.3) is 0 Å². The number of nitrogens with zero attached hydrogens (tertiary/aromatic N) is 1. The smallest absolute Gasteiger partial charge is 0.243 e. The lowest BCUT2D eigenvalue weighted by Crippen LogP contribution is -2.54. The fourth-order valence-corrected chi connectivity index (χ4v) is 3.58. The van der Waals surface area contributed by atoms with Crippen LogP contribution in [0.4, 0.5) is 0 Å². The summed E-state index contributed by atoms with van der Waals surface area (Å²) in [6, 6.07) is 14.2. The highest BCUT2D eigenvalue weighted by Gasteiger charge is 2.32. The summed E-state index contributed by atoms with van der Waals surface area (Å²) in [6.07, 6.45) is 0.673. The molecule has 1 N–H and O–H groups in total. The third-order valence-corrected chi connectivity index (χ3v) is 5.17. The lowest BCUT2D eigenvalue weighted by Gasteiger charge is -2.34. The first-order valence-corrected chi connectivity index (χ1v) is 10.5. The zero-order chi connectivity index (χ0) is 21.6. The highest BCUT2D eigenvalue weighted by molar-refractivity contribution is 6.36. The number of carbonyl (C=O) groups is 2. The van der Waals surface area contributed by atoms with Crippen molar-refractivity contribution in [3.63, 3.8) is 0 Å². The van der Waals surface area contributed by atoms with Crippen molar-refractivity contribution in [3.05, 3.63) is 69.7 Å². The maximum Gasteiger partial charge on any atom is 0.243 e. The summed E-state index contributed by atoms with van der Waals surface area (Å²) in [6.45, 7) is 7.70. The van der Waals surface area contributed by atoms with E-state index in [1.54, 1.807) is 30.0 Å². The normalized spacial score (nSPS) is 12.3. The molecule has 2 amide bonds. The average molecular weight is 435 g/mol. The van der Waals surface area contributed by atoms with E-state index in [9.17, 15) is 9.59 Å². The molecule has 0 aliphatic rings. The van der Waals surface area contributed by atoms with Crippen LogP contribution in [0, 0.1) is 0 Å².